The van der Waals surface area contributed by atoms with Crippen molar-refractivity contribution in [1.29, 1.82) is 0 Å². The fraction of sp³-hybridized carbons (Fsp3) is 0.636. The van der Waals surface area contributed by atoms with Gasteiger partial charge in [-0.1, -0.05) is 18.2 Å². The van der Waals surface area contributed by atoms with E-state index in [1.807, 2.05) is 0 Å². The van der Waals surface area contributed by atoms with Crippen LogP contribution in [0.15, 0.2) is 23.8 Å². The summed E-state index contributed by atoms with van der Waals surface area (Å²) >= 11 is 0. The molecule has 1 nitrogen and oxygen atoms in total. The van der Waals surface area contributed by atoms with Gasteiger partial charge in [-0.05, 0) is 39.3 Å². The Hall–Kier alpha value is -0.560. The normalized spacial score (nSPS) is 17.2. The molecule has 0 bridgehead atoms. The Balaban J connectivity index is 2.40. The quantitative estimate of drug-likeness (QED) is 0.621. The number of hydrogen-bond acceptors (Lipinski definition) is 1. The highest BCUT2D eigenvalue weighted by Crippen LogP contribution is 2.11. The fourth-order valence-corrected chi connectivity index (χ4v) is 1.26. The Morgan fingerprint density at radius 1 is 1.42 bits per heavy atom. The third-order valence-electron chi connectivity index (χ3n) is 2.39. The van der Waals surface area contributed by atoms with E-state index in [2.05, 4.69) is 44.0 Å². The molecule has 0 aromatic heterocycles. The smallest absolute Gasteiger partial charge is 0.0230 e. The molecule has 0 amide bonds. The molecular weight excluding hydrogens is 146 g/mol. The second-order valence-electron chi connectivity index (χ2n) is 3.77. The minimum atomic E-state index is 0.640. The van der Waals surface area contributed by atoms with E-state index in [9.17, 15) is 0 Å². The number of allylic oxidation sites excluding steroid dienone is 2. The van der Waals surface area contributed by atoms with Crippen LogP contribution in [0.25, 0.3) is 0 Å². The first-order chi connectivity index (χ1) is 5.70. The largest absolute Gasteiger partial charge is 0.300 e. The molecule has 0 spiro atoms. The van der Waals surface area contributed by atoms with Gasteiger partial charge in [-0.2, -0.15) is 0 Å². The third-order valence-corrected chi connectivity index (χ3v) is 2.39. The molecule has 0 aromatic carbocycles. The van der Waals surface area contributed by atoms with Crippen LogP contribution >= 0.6 is 0 Å². The van der Waals surface area contributed by atoms with Gasteiger partial charge in [0, 0.05) is 12.6 Å². The maximum Gasteiger partial charge on any atom is 0.0230 e. The molecule has 0 unspecified atom stereocenters. The van der Waals surface area contributed by atoms with Crippen LogP contribution in [0.2, 0.25) is 0 Å². The Morgan fingerprint density at radius 3 is 2.67 bits per heavy atom. The summed E-state index contributed by atoms with van der Waals surface area (Å²) in [6.45, 7) is 5.55. The molecule has 1 rings (SSSR count). The highest BCUT2D eigenvalue weighted by molar-refractivity contribution is 5.23. The van der Waals surface area contributed by atoms with Gasteiger partial charge in [-0.15, -0.1) is 0 Å². The summed E-state index contributed by atoms with van der Waals surface area (Å²) in [4.78, 5) is 2.36. The summed E-state index contributed by atoms with van der Waals surface area (Å²) in [5.74, 6) is 0. The van der Waals surface area contributed by atoms with Crippen LogP contribution in [0.5, 0.6) is 0 Å². The lowest BCUT2D eigenvalue weighted by Crippen LogP contribution is -2.28. The molecule has 1 aliphatic rings. The van der Waals surface area contributed by atoms with Gasteiger partial charge in [-0.25, -0.2) is 0 Å². The van der Waals surface area contributed by atoms with Crippen LogP contribution < -0.4 is 0 Å². The molecule has 0 saturated carbocycles. The summed E-state index contributed by atoms with van der Waals surface area (Å²) in [6, 6.07) is 0.640. The first-order valence-electron chi connectivity index (χ1n) is 4.76. The molecule has 0 fully saturated rings. The molecule has 1 aliphatic carbocycles. The van der Waals surface area contributed by atoms with Gasteiger partial charge in [0.05, 0.1) is 0 Å². The Morgan fingerprint density at radius 2 is 2.17 bits per heavy atom. The third kappa shape index (κ3) is 2.82. The lowest BCUT2D eigenvalue weighted by molar-refractivity contribution is 0.298. The Kier molecular flexibility index (Phi) is 3.54. The van der Waals surface area contributed by atoms with Crippen molar-refractivity contribution in [3.63, 3.8) is 0 Å². The zero-order valence-electron chi connectivity index (χ0n) is 8.38. The van der Waals surface area contributed by atoms with Gasteiger partial charge in [0.25, 0.3) is 0 Å². The topological polar surface area (TPSA) is 3.24 Å². The predicted octanol–water partition coefficient (Wildman–Crippen LogP) is 2.60. The first-order valence-corrected chi connectivity index (χ1v) is 4.76. The van der Waals surface area contributed by atoms with Crippen molar-refractivity contribution in [2.75, 3.05) is 13.6 Å². The van der Waals surface area contributed by atoms with E-state index in [1.54, 1.807) is 0 Å². The van der Waals surface area contributed by atoms with E-state index in [0.29, 0.717) is 6.04 Å². The highest BCUT2D eigenvalue weighted by Gasteiger charge is 2.05. The highest BCUT2D eigenvalue weighted by atomic mass is 15.1. The van der Waals surface area contributed by atoms with Crippen LogP contribution in [0, 0.1) is 0 Å². The van der Waals surface area contributed by atoms with Crippen LogP contribution in [-0.4, -0.2) is 24.5 Å². The standard InChI is InChI=1S/C11H19N/c1-10(2)12(3)9-11-7-5-4-6-8-11/h5,7-8,10H,4,6,9H2,1-3H3. The van der Waals surface area contributed by atoms with E-state index < -0.39 is 0 Å². The number of hydrogen-bond donors (Lipinski definition) is 0. The molecule has 0 aliphatic heterocycles. The van der Waals surface area contributed by atoms with Gasteiger partial charge < -0.3 is 0 Å². The van der Waals surface area contributed by atoms with Gasteiger partial charge >= 0.3 is 0 Å². The number of nitrogens with zero attached hydrogens (tertiary/aromatic N) is 1. The van der Waals surface area contributed by atoms with Gasteiger partial charge in [0.1, 0.15) is 0 Å². The average molecular weight is 165 g/mol. The molecule has 1 heteroatoms. The molecule has 68 valence electrons. The van der Waals surface area contributed by atoms with E-state index >= 15 is 0 Å². The maximum absolute atomic E-state index is 2.36. The minimum absolute atomic E-state index is 0.640. The summed E-state index contributed by atoms with van der Waals surface area (Å²) in [5.41, 5.74) is 1.47. The van der Waals surface area contributed by atoms with Crippen LogP contribution in [-0.2, 0) is 0 Å². The number of likely N-dealkylation sites (N-methyl/N-ethyl adjacent to an activating group) is 1. The lowest BCUT2D eigenvalue weighted by atomic mass is 10.1. The van der Waals surface area contributed by atoms with Crippen molar-refractivity contribution in [2.45, 2.75) is 32.7 Å². The van der Waals surface area contributed by atoms with Crippen molar-refractivity contribution in [3.8, 4) is 0 Å². The molecule has 0 atom stereocenters. The molecule has 0 N–H and O–H groups in total. The van der Waals surface area contributed by atoms with Crippen molar-refractivity contribution in [2.24, 2.45) is 0 Å². The van der Waals surface area contributed by atoms with Crippen molar-refractivity contribution in [1.82, 2.24) is 4.90 Å². The summed E-state index contributed by atoms with van der Waals surface area (Å²) in [6.07, 6.45) is 9.30. The molecule has 0 radical (unpaired) electrons. The zero-order valence-corrected chi connectivity index (χ0v) is 8.38. The van der Waals surface area contributed by atoms with E-state index in [4.69, 9.17) is 0 Å². The molecule has 12 heavy (non-hydrogen) atoms. The fourth-order valence-electron chi connectivity index (χ4n) is 1.26. The Bertz CT molecular complexity index is 189. The SMILES string of the molecule is CC(C)N(C)CC1=CCCC=C1. The summed E-state index contributed by atoms with van der Waals surface area (Å²) < 4.78 is 0. The molecule has 0 aromatic rings. The van der Waals surface area contributed by atoms with Gasteiger partial charge in [0.15, 0.2) is 0 Å². The first kappa shape index (κ1) is 9.53. The van der Waals surface area contributed by atoms with Crippen LogP contribution in [0.1, 0.15) is 26.7 Å². The minimum Gasteiger partial charge on any atom is -0.300 e. The molecule has 0 heterocycles. The maximum atomic E-state index is 2.36. The van der Waals surface area contributed by atoms with Crippen molar-refractivity contribution >= 4 is 0 Å². The molecule has 0 saturated heterocycles. The average Bonchev–Trinajstić information content (AvgIpc) is 2.06. The van der Waals surface area contributed by atoms with E-state index in [-0.39, 0.29) is 0 Å². The van der Waals surface area contributed by atoms with Gasteiger partial charge in [0.2, 0.25) is 0 Å². The van der Waals surface area contributed by atoms with Crippen molar-refractivity contribution < 1.29 is 0 Å². The number of rotatable bonds is 3. The second kappa shape index (κ2) is 4.46. The van der Waals surface area contributed by atoms with Crippen LogP contribution in [0.4, 0.5) is 0 Å². The lowest BCUT2D eigenvalue weighted by Gasteiger charge is -2.22. The van der Waals surface area contributed by atoms with Crippen molar-refractivity contribution in [3.05, 3.63) is 23.8 Å². The van der Waals surface area contributed by atoms with E-state index in [1.165, 1.54) is 18.4 Å². The van der Waals surface area contributed by atoms with Crippen LogP contribution in [0.3, 0.4) is 0 Å². The zero-order chi connectivity index (χ0) is 8.97. The summed E-state index contributed by atoms with van der Waals surface area (Å²) in [7, 11) is 2.17. The molecular formula is C11H19N. The second-order valence-corrected chi connectivity index (χ2v) is 3.77. The van der Waals surface area contributed by atoms with Gasteiger partial charge in [-0.3, -0.25) is 4.90 Å². The monoisotopic (exact) mass is 165 g/mol. The predicted molar refractivity (Wildman–Crippen MR) is 54.2 cm³/mol. The summed E-state index contributed by atoms with van der Waals surface area (Å²) in [5, 5.41) is 0. The Labute approximate surface area is 75.8 Å². The van der Waals surface area contributed by atoms with E-state index in [0.717, 1.165) is 6.54 Å².